The van der Waals surface area contributed by atoms with Crippen LogP contribution in [0.5, 0.6) is 5.75 Å². The largest absolute Gasteiger partial charge is 0.493 e. The molecule has 0 saturated carbocycles. The number of aliphatic hydroxyl groups excluding tert-OH is 1. The van der Waals surface area contributed by atoms with Gasteiger partial charge >= 0.3 is 0 Å². The van der Waals surface area contributed by atoms with Crippen molar-refractivity contribution in [3.8, 4) is 5.75 Å². The molecule has 0 aromatic heterocycles. The number of benzene rings is 2. The van der Waals surface area contributed by atoms with Crippen molar-refractivity contribution in [1.82, 2.24) is 0 Å². The second-order valence-electron chi connectivity index (χ2n) is 4.53. The summed E-state index contributed by atoms with van der Waals surface area (Å²) < 4.78 is 19.4. The zero-order valence-corrected chi connectivity index (χ0v) is 11.7. The van der Waals surface area contributed by atoms with Crippen molar-refractivity contribution in [3.63, 3.8) is 0 Å². The van der Waals surface area contributed by atoms with Gasteiger partial charge in [0.1, 0.15) is 17.7 Å². The van der Waals surface area contributed by atoms with E-state index in [0.29, 0.717) is 16.6 Å². The third kappa shape index (κ3) is 2.38. The first-order chi connectivity index (χ1) is 9.15. The van der Waals surface area contributed by atoms with Crippen molar-refractivity contribution in [1.29, 1.82) is 0 Å². The van der Waals surface area contributed by atoms with Crippen LogP contribution in [0, 0.1) is 5.82 Å². The van der Waals surface area contributed by atoms with Crippen molar-refractivity contribution >= 4 is 15.9 Å². The van der Waals surface area contributed by atoms with E-state index < -0.39 is 6.10 Å². The zero-order valence-electron chi connectivity index (χ0n) is 10.1. The van der Waals surface area contributed by atoms with Gasteiger partial charge in [0.05, 0.1) is 6.61 Å². The lowest BCUT2D eigenvalue weighted by Crippen LogP contribution is -2.02. The Morgan fingerprint density at radius 2 is 2.05 bits per heavy atom. The van der Waals surface area contributed by atoms with E-state index in [2.05, 4.69) is 15.9 Å². The Morgan fingerprint density at radius 1 is 1.21 bits per heavy atom. The summed E-state index contributed by atoms with van der Waals surface area (Å²) in [6, 6.07) is 9.89. The van der Waals surface area contributed by atoms with Crippen LogP contribution in [0.1, 0.15) is 22.8 Å². The first-order valence-corrected chi connectivity index (χ1v) is 6.83. The van der Waals surface area contributed by atoms with Crippen LogP contribution in [0.15, 0.2) is 40.9 Å². The van der Waals surface area contributed by atoms with E-state index in [9.17, 15) is 9.50 Å². The normalized spacial score (nSPS) is 14.9. The van der Waals surface area contributed by atoms with Gasteiger partial charge in [0, 0.05) is 16.5 Å². The highest BCUT2D eigenvalue weighted by molar-refractivity contribution is 9.10. The highest BCUT2D eigenvalue weighted by Crippen LogP contribution is 2.33. The van der Waals surface area contributed by atoms with Crippen molar-refractivity contribution in [3.05, 3.63) is 63.4 Å². The van der Waals surface area contributed by atoms with Crippen molar-refractivity contribution < 1.29 is 14.2 Å². The SMILES string of the molecule is OC(c1ccc2c(c1)CCO2)c1cc(F)ccc1Br. The molecule has 1 aliphatic heterocycles. The fourth-order valence-electron chi connectivity index (χ4n) is 2.28. The van der Waals surface area contributed by atoms with Gasteiger partial charge in [0.2, 0.25) is 0 Å². The van der Waals surface area contributed by atoms with Gasteiger partial charge in [0.15, 0.2) is 0 Å². The van der Waals surface area contributed by atoms with Crippen LogP contribution in [0.3, 0.4) is 0 Å². The minimum absolute atomic E-state index is 0.359. The maximum absolute atomic E-state index is 13.3. The molecule has 19 heavy (non-hydrogen) atoms. The summed E-state index contributed by atoms with van der Waals surface area (Å²) in [4.78, 5) is 0. The molecule has 4 heteroatoms. The van der Waals surface area contributed by atoms with Crippen molar-refractivity contribution in [2.24, 2.45) is 0 Å². The fourth-order valence-corrected chi connectivity index (χ4v) is 2.74. The Kier molecular flexibility index (Phi) is 3.29. The fraction of sp³-hybridized carbons (Fsp3) is 0.200. The molecule has 2 aromatic carbocycles. The number of hydrogen-bond donors (Lipinski definition) is 1. The van der Waals surface area contributed by atoms with Gasteiger partial charge in [-0.1, -0.05) is 22.0 Å². The summed E-state index contributed by atoms with van der Waals surface area (Å²) >= 11 is 3.34. The Morgan fingerprint density at radius 3 is 2.89 bits per heavy atom. The van der Waals surface area contributed by atoms with E-state index in [1.54, 1.807) is 6.07 Å². The van der Waals surface area contributed by atoms with Gasteiger partial charge in [0.25, 0.3) is 0 Å². The monoisotopic (exact) mass is 322 g/mol. The van der Waals surface area contributed by atoms with E-state index in [1.807, 2.05) is 18.2 Å². The Labute approximate surface area is 119 Å². The predicted octanol–water partition coefficient (Wildman–Crippen LogP) is 3.60. The third-order valence-electron chi connectivity index (χ3n) is 3.28. The summed E-state index contributed by atoms with van der Waals surface area (Å²) in [5, 5.41) is 10.4. The summed E-state index contributed by atoms with van der Waals surface area (Å²) in [7, 11) is 0. The molecular formula is C15H12BrFO2. The van der Waals surface area contributed by atoms with Crippen LogP contribution in [-0.2, 0) is 6.42 Å². The molecule has 1 aliphatic rings. The predicted molar refractivity (Wildman–Crippen MR) is 73.8 cm³/mol. The van der Waals surface area contributed by atoms with Crippen LogP contribution in [0.2, 0.25) is 0 Å². The van der Waals surface area contributed by atoms with Gasteiger partial charge < -0.3 is 9.84 Å². The van der Waals surface area contributed by atoms with Gasteiger partial charge in [-0.25, -0.2) is 4.39 Å². The highest BCUT2D eigenvalue weighted by atomic mass is 79.9. The number of fused-ring (bicyclic) bond motifs is 1. The standard InChI is InChI=1S/C15H12BrFO2/c16-13-3-2-11(17)8-12(13)15(18)10-1-4-14-9(7-10)5-6-19-14/h1-4,7-8,15,18H,5-6H2. The van der Waals surface area contributed by atoms with E-state index in [1.165, 1.54) is 12.1 Å². The zero-order chi connectivity index (χ0) is 13.4. The van der Waals surface area contributed by atoms with E-state index in [-0.39, 0.29) is 5.82 Å². The molecule has 1 unspecified atom stereocenters. The second kappa shape index (κ2) is 4.94. The minimum atomic E-state index is -0.851. The lowest BCUT2D eigenvalue weighted by atomic mass is 9.99. The van der Waals surface area contributed by atoms with E-state index in [4.69, 9.17) is 4.74 Å². The van der Waals surface area contributed by atoms with Gasteiger partial charge in [-0.15, -0.1) is 0 Å². The van der Waals surface area contributed by atoms with Crippen LogP contribution in [0.25, 0.3) is 0 Å². The third-order valence-corrected chi connectivity index (χ3v) is 4.00. The number of halogens is 2. The Balaban J connectivity index is 1.99. The number of ether oxygens (including phenoxy) is 1. The minimum Gasteiger partial charge on any atom is -0.493 e. The molecule has 2 aromatic rings. The maximum atomic E-state index is 13.3. The van der Waals surface area contributed by atoms with Crippen LogP contribution in [0.4, 0.5) is 4.39 Å². The smallest absolute Gasteiger partial charge is 0.123 e. The molecule has 0 saturated heterocycles. The molecule has 1 N–H and O–H groups in total. The second-order valence-corrected chi connectivity index (χ2v) is 5.39. The van der Waals surface area contributed by atoms with Gasteiger partial charge in [-0.05, 0) is 41.5 Å². The quantitative estimate of drug-likeness (QED) is 0.915. The summed E-state index contributed by atoms with van der Waals surface area (Å²) in [6.07, 6.45) is -0.00351. The first kappa shape index (κ1) is 12.6. The Hall–Kier alpha value is -1.39. The summed E-state index contributed by atoms with van der Waals surface area (Å²) in [5.74, 6) is 0.510. The van der Waals surface area contributed by atoms with E-state index >= 15 is 0 Å². The molecule has 3 rings (SSSR count). The maximum Gasteiger partial charge on any atom is 0.123 e. The van der Waals surface area contributed by atoms with Crippen molar-refractivity contribution in [2.75, 3.05) is 6.61 Å². The number of hydrogen-bond acceptors (Lipinski definition) is 2. The molecule has 0 bridgehead atoms. The topological polar surface area (TPSA) is 29.5 Å². The van der Waals surface area contributed by atoms with Crippen LogP contribution >= 0.6 is 15.9 Å². The first-order valence-electron chi connectivity index (χ1n) is 6.04. The van der Waals surface area contributed by atoms with Crippen LogP contribution in [-0.4, -0.2) is 11.7 Å². The summed E-state index contributed by atoms with van der Waals surface area (Å²) in [5.41, 5.74) is 2.36. The molecule has 0 amide bonds. The molecule has 0 fully saturated rings. The average molecular weight is 323 g/mol. The molecule has 98 valence electrons. The Bertz CT molecular complexity index is 628. The molecular weight excluding hydrogens is 311 g/mol. The lowest BCUT2D eigenvalue weighted by molar-refractivity contribution is 0.219. The van der Waals surface area contributed by atoms with E-state index in [0.717, 1.165) is 23.3 Å². The molecule has 1 heterocycles. The highest BCUT2D eigenvalue weighted by Gasteiger charge is 2.18. The number of aliphatic hydroxyl groups is 1. The molecule has 0 aliphatic carbocycles. The molecule has 0 spiro atoms. The molecule has 1 atom stereocenters. The summed E-state index contributed by atoms with van der Waals surface area (Å²) in [6.45, 7) is 0.679. The molecule has 2 nitrogen and oxygen atoms in total. The number of rotatable bonds is 2. The van der Waals surface area contributed by atoms with Crippen molar-refractivity contribution in [2.45, 2.75) is 12.5 Å². The van der Waals surface area contributed by atoms with Gasteiger partial charge in [-0.2, -0.15) is 0 Å². The lowest BCUT2D eigenvalue weighted by Gasteiger charge is -2.14. The van der Waals surface area contributed by atoms with Gasteiger partial charge in [-0.3, -0.25) is 0 Å². The van der Waals surface area contributed by atoms with Crippen LogP contribution < -0.4 is 4.74 Å². The molecule has 0 radical (unpaired) electrons. The average Bonchev–Trinajstić information content (AvgIpc) is 2.88.